The van der Waals surface area contributed by atoms with Crippen LogP contribution in [0.3, 0.4) is 0 Å². The van der Waals surface area contributed by atoms with Crippen LogP contribution in [0.15, 0.2) is 28.8 Å². The lowest BCUT2D eigenvalue weighted by molar-refractivity contribution is -0.137. The highest BCUT2D eigenvalue weighted by Gasteiger charge is 2.53. The molecule has 2 saturated carbocycles. The number of amides is 1. The Morgan fingerprint density at radius 3 is 2.50 bits per heavy atom. The maximum absolute atomic E-state index is 12.7. The first-order valence-electron chi connectivity index (χ1n) is 9.55. The molecule has 0 radical (unpaired) electrons. The van der Waals surface area contributed by atoms with Gasteiger partial charge in [0.2, 0.25) is 17.6 Å². The first-order valence-corrected chi connectivity index (χ1v) is 9.55. The van der Waals surface area contributed by atoms with Crippen molar-refractivity contribution in [2.24, 2.45) is 17.8 Å². The number of carbonyl (C=O) groups excluding carboxylic acids is 1. The van der Waals surface area contributed by atoms with Crippen LogP contribution < -0.4 is 5.32 Å². The lowest BCUT2D eigenvalue weighted by Gasteiger charge is -2.28. The molecule has 1 amide bonds. The van der Waals surface area contributed by atoms with E-state index >= 15 is 0 Å². The molecular formula is C20H22F3N3O2. The van der Waals surface area contributed by atoms with E-state index in [2.05, 4.69) is 15.5 Å². The van der Waals surface area contributed by atoms with Gasteiger partial charge in [0.25, 0.3) is 0 Å². The Hall–Kier alpha value is -2.38. The SMILES string of the molecule is CC(C)NC(=O)[C@H]1[C@H]2CC[C@H](C2)[C@@H]1c1nc(-c2ccc(C(F)(F)F)cc2)no1. The maximum Gasteiger partial charge on any atom is 0.416 e. The van der Waals surface area contributed by atoms with Crippen molar-refractivity contribution in [2.75, 3.05) is 0 Å². The second-order valence-electron chi connectivity index (χ2n) is 8.08. The van der Waals surface area contributed by atoms with Crippen molar-refractivity contribution in [3.05, 3.63) is 35.7 Å². The van der Waals surface area contributed by atoms with Crippen molar-refractivity contribution in [1.82, 2.24) is 15.5 Å². The van der Waals surface area contributed by atoms with Gasteiger partial charge in [-0.15, -0.1) is 0 Å². The second-order valence-corrected chi connectivity index (χ2v) is 8.08. The zero-order chi connectivity index (χ0) is 20.1. The van der Waals surface area contributed by atoms with Crippen LogP contribution in [0.4, 0.5) is 13.2 Å². The molecule has 2 fully saturated rings. The molecule has 0 spiro atoms. The number of halogens is 3. The Kier molecular flexibility index (Phi) is 4.67. The number of alkyl halides is 3. The third-order valence-electron chi connectivity index (χ3n) is 5.85. The van der Waals surface area contributed by atoms with E-state index in [0.717, 1.165) is 31.4 Å². The van der Waals surface area contributed by atoms with Crippen LogP contribution in [0.1, 0.15) is 50.5 Å². The van der Waals surface area contributed by atoms with E-state index in [1.54, 1.807) is 0 Å². The van der Waals surface area contributed by atoms with Crippen LogP contribution in [-0.4, -0.2) is 22.1 Å². The minimum Gasteiger partial charge on any atom is -0.354 e. The van der Waals surface area contributed by atoms with Gasteiger partial charge in [-0.3, -0.25) is 4.79 Å². The molecule has 2 aliphatic carbocycles. The average molecular weight is 393 g/mol. The predicted molar refractivity (Wildman–Crippen MR) is 95.1 cm³/mol. The van der Waals surface area contributed by atoms with Crippen molar-refractivity contribution in [2.45, 2.75) is 51.2 Å². The highest BCUT2D eigenvalue weighted by atomic mass is 19.4. The number of carbonyl (C=O) groups is 1. The molecule has 2 bridgehead atoms. The summed E-state index contributed by atoms with van der Waals surface area (Å²) < 4.78 is 43.7. The molecule has 1 aromatic carbocycles. The molecule has 150 valence electrons. The van der Waals surface area contributed by atoms with Gasteiger partial charge in [0.15, 0.2) is 0 Å². The third kappa shape index (κ3) is 3.40. The van der Waals surface area contributed by atoms with Crippen LogP contribution in [0, 0.1) is 17.8 Å². The summed E-state index contributed by atoms with van der Waals surface area (Å²) >= 11 is 0. The van der Waals surface area contributed by atoms with E-state index in [1.165, 1.54) is 12.1 Å². The van der Waals surface area contributed by atoms with Gasteiger partial charge in [-0.25, -0.2) is 0 Å². The van der Waals surface area contributed by atoms with E-state index in [1.807, 2.05) is 13.8 Å². The molecule has 4 atom stereocenters. The highest BCUT2D eigenvalue weighted by Crippen LogP contribution is 2.56. The van der Waals surface area contributed by atoms with Gasteiger partial charge >= 0.3 is 6.18 Å². The van der Waals surface area contributed by atoms with Gasteiger partial charge in [-0.1, -0.05) is 17.3 Å². The first-order chi connectivity index (χ1) is 13.2. The summed E-state index contributed by atoms with van der Waals surface area (Å²) in [6, 6.07) is 4.73. The van der Waals surface area contributed by atoms with Crippen LogP contribution in [0.5, 0.6) is 0 Å². The predicted octanol–water partition coefficient (Wildman–Crippen LogP) is 4.41. The van der Waals surface area contributed by atoms with Crippen LogP contribution >= 0.6 is 0 Å². The second kappa shape index (κ2) is 6.90. The zero-order valence-electron chi connectivity index (χ0n) is 15.7. The van der Waals surface area contributed by atoms with Crippen LogP contribution in [0.25, 0.3) is 11.4 Å². The lowest BCUT2D eigenvalue weighted by Crippen LogP contribution is -2.40. The smallest absolute Gasteiger partial charge is 0.354 e. The Bertz CT molecular complexity index is 860. The monoisotopic (exact) mass is 393 g/mol. The van der Waals surface area contributed by atoms with Crippen molar-refractivity contribution in [1.29, 1.82) is 0 Å². The summed E-state index contributed by atoms with van der Waals surface area (Å²) in [6.45, 7) is 3.85. The Morgan fingerprint density at radius 2 is 1.86 bits per heavy atom. The molecule has 28 heavy (non-hydrogen) atoms. The molecule has 1 N–H and O–H groups in total. The molecule has 8 heteroatoms. The zero-order valence-corrected chi connectivity index (χ0v) is 15.7. The van der Waals surface area contributed by atoms with Gasteiger partial charge in [0, 0.05) is 11.6 Å². The summed E-state index contributed by atoms with van der Waals surface area (Å²) in [7, 11) is 0. The number of hydrogen-bond donors (Lipinski definition) is 1. The lowest BCUT2D eigenvalue weighted by atomic mass is 9.78. The molecule has 4 rings (SSSR count). The molecule has 0 saturated heterocycles. The Balaban J connectivity index is 1.58. The molecular weight excluding hydrogens is 371 g/mol. The normalized spacial score (nSPS) is 26.8. The number of nitrogens with zero attached hydrogens (tertiary/aromatic N) is 2. The molecule has 0 aliphatic heterocycles. The van der Waals surface area contributed by atoms with Gasteiger partial charge in [-0.05, 0) is 57.1 Å². The largest absolute Gasteiger partial charge is 0.416 e. The van der Waals surface area contributed by atoms with Crippen molar-refractivity contribution in [3.63, 3.8) is 0 Å². The molecule has 5 nitrogen and oxygen atoms in total. The van der Waals surface area contributed by atoms with Crippen molar-refractivity contribution in [3.8, 4) is 11.4 Å². The van der Waals surface area contributed by atoms with Gasteiger partial charge < -0.3 is 9.84 Å². The summed E-state index contributed by atoms with van der Waals surface area (Å²) in [5.74, 6) is 0.987. The fraction of sp³-hybridized carbons (Fsp3) is 0.550. The van der Waals surface area contributed by atoms with Crippen LogP contribution in [0.2, 0.25) is 0 Å². The number of aromatic nitrogens is 2. The average Bonchev–Trinajstić information content (AvgIpc) is 3.35. The first kappa shape index (κ1) is 19.0. The number of hydrogen-bond acceptors (Lipinski definition) is 4. The molecule has 2 aliphatic rings. The molecule has 1 aromatic heterocycles. The minimum atomic E-state index is -4.39. The molecule has 0 unspecified atom stereocenters. The van der Waals surface area contributed by atoms with Gasteiger partial charge in [-0.2, -0.15) is 18.2 Å². The number of rotatable bonds is 4. The highest BCUT2D eigenvalue weighted by molar-refractivity contribution is 5.81. The summed E-state index contributed by atoms with van der Waals surface area (Å²) in [6.07, 6.45) is -1.37. The van der Waals surface area contributed by atoms with E-state index in [9.17, 15) is 18.0 Å². The third-order valence-corrected chi connectivity index (χ3v) is 5.85. The number of nitrogens with one attached hydrogen (secondary N) is 1. The van der Waals surface area contributed by atoms with Crippen molar-refractivity contribution >= 4 is 5.91 Å². The van der Waals surface area contributed by atoms with Gasteiger partial charge in [0.05, 0.1) is 17.4 Å². The summed E-state index contributed by atoms with van der Waals surface area (Å²) in [5.41, 5.74) is -0.271. The Labute approximate surface area is 160 Å². The maximum atomic E-state index is 12.7. The fourth-order valence-electron chi connectivity index (χ4n) is 4.70. The minimum absolute atomic E-state index is 0.0153. The van der Waals surface area contributed by atoms with Gasteiger partial charge in [0.1, 0.15) is 0 Å². The quantitative estimate of drug-likeness (QED) is 0.836. The Morgan fingerprint density at radius 1 is 1.18 bits per heavy atom. The number of benzene rings is 1. The van der Waals surface area contributed by atoms with Crippen molar-refractivity contribution < 1.29 is 22.5 Å². The summed E-state index contributed by atoms with van der Waals surface area (Å²) in [4.78, 5) is 17.2. The van der Waals surface area contributed by atoms with E-state index in [-0.39, 0.29) is 29.6 Å². The molecule has 2 aromatic rings. The topological polar surface area (TPSA) is 68.0 Å². The van der Waals surface area contributed by atoms with E-state index in [4.69, 9.17) is 4.52 Å². The summed E-state index contributed by atoms with van der Waals surface area (Å²) in [5, 5.41) is 6.95. The van der Waals surface area contributed by atoms with E-state index in [0.29, 0.717) is 23.3 Å². The standard InChI is InChI=1S/C20H22F3N3O2/c1-10(2)24-18(27)15-12-3-4-13(9-12)16(15)19-25-17(26-28-19)11-5-7-14(8-6-11)20(21,22)23/h5-8,10,12-13,15-16H,3-4,9H2,1-2H3,(H,24,27)/t12-,13+,15-,16-/m0/s1. The fourth-order valence-corrected chi connectivity index (χ4v) is 4.70. The van der Waals surface area contributed by atoms with Crippen LogP contribution in [-0.2, 0) is 11.0 Å². The number of fused-ring (bicyclic) bond motifs is 2. The molecule has 1 heterocycles. The van der Waals surface area contributed by atoms with E-state index < -0.39 is 11.7 Å².